The van der Waals surface area contributed by atoms with Crippen LogP contribution in [-0.4, -0.2) is 36.3 Å². The van der Waals surface area contributed by atoms with Crippen LogP contribution in [0.4, 0.5) is 5.13 Å². The molecule has 3 aromatic rings. The molecule has 0 spiro atoms. The minimum Gasteiger partial charge on any atom is -0.378 e. The van der Waals surface area contributed by atoms with Gasteiger partial charge in [0.15, 0.2) is 5.13 Å². The Hall–Kier alpha value is -1.85. The second kappa shape index (κ2) is 5.74. The number of thiazole rings is 1. The SMILES string of the molecule is Cc1sc(N2CCOCC2)nc1Cc1ccc2cc[nH]c2c1. The lowest BCUT2D eigenvalue weighted by Crippen LogP contribution is -2.36. The summed E-state index contributed by atoms with van der Waals surface area (Å²) in [6.07, 6.45) is 2.88. The van der Waals surface area contributed by atoms with Crippen molar-refractivity contribution >= 4 is 27.4 Å². The highest BCUT2D eigenvalue weighted by Crippen LogP contribution is 2.28. The standard InChI is InChI=1S/C17H19N3OS/c1-12-15(19-17(22-12)20-6-8-21-9-7-20)10-13-2-3-14-4-5-18-16(14)11-13/h2-5,11,18H,6-10H2,1H3. The first kappa shape index (κ1) is 13.8. The van der Waals surface area contributed by atoms with Gasteiger partial charge in [0, 0.05) is 36.1 Å². The van der Waals surface area contributed by atoms with Crippen molar-refractivity contribution < 1.29 is 4.74 Å². The van der Waals surface area contributed by atoms with E-state index in [1.165, 1.54) is 27.0 Å². The molecule has 1 aromatic carbocycles. The van der Waals surface area contributed by atoms with Crippen molar-refractivity contribution in [2.45, 2.75) is 13.3 Å². The molecule has 1 fully saturated rings. The molecule has 0 unspecified atom stereocenters. The van der Waals surface area contributed by atoms with Crippen molar-refractivity contribution in [1.29, 1.82) is 0 Å². The Morgan fingerprint density at radius 2 is 2.14 bits per heavy atom. The predicted molar refractivity (Wildman–Crippen MR) is 91.0 cm³/mol. The molecule has 4 nitrogen and oxygen atoms in total. The maximum absolute atomic E-state index is 5.42. The van der Waals surface area contributed by atoms with Gasteiger partial charge in [0.05, 0.1) is 18.9 Å². The van der Waals surface area contributed by atoms with E-state index in [0.717, 1.165) is 37.9 Å². The molecule has 5 heteroatoms. The van der Waals surface area contributed by atoms with Crippen molar-refractivity contribution in [3.05, 3.63) is 46.6 Å². The number of anilines is 1. The van der Waals surface area contributed by atoms with E-state index in [1.807, 2.05) is 6.20 Å². The Kier molecular flexibility index (Phi) is 3.60. The third kappa shape index (κ3) is 2.62. The summed E-state index contributed by atoms with van der Waals surface area (Å²) in [4.78, 5) is 11.8. The summed E-state index contributed by atoms with van der Waals surface area (Å²) in [7, 11) is 0. The van der Waals surface area contributed by atoms with Crippen LogP contribution in [0.5, 0.6) is 0 Å². The van der Waals surface area contributed by atoms with Gasteiger partial charge in [-0.1, -0.05) is 12.1 Å². The number of fused-ring (bicyclic) bond motifs is 1. The summed E-state index contributed by atoms with van der Waals surface area (Å²) in [5, 5.41) is 2.39. The van der Waals surface area contributed by atoms with Gasteiger partial charge in [0.1, 0.15) is 0 Å². The largest absolute Gasteiger partial charge is 0.378 e. The van der Waals surface area contributed by atoms with Gasteiger partial charge in [-0.15, -0.1) is 11.3 Å². The van der Waals surface area contributed by atoms with Crippen LogP contribution in [0, 0.1) is 6.92 Å². The van der Waals surface area contributed by atoms with Crippen molar-refractivity contribution in [3.63, 3.8) is 0 Å². The first-order chi connectivity index (χ1) is 10.8. The molecule has 0 saturated carbocycles. The third-order valence-corrected chi connectivity index (χ3v) is 5.23. The third-order valence-electron chi connectivity index (χ3n) is 4.15. The number of aryl methyl sites for hydroxylation is 1. The fourth-order valence-electron chi connectivity index (χ4n) is 2.87. The maximum atomic E-state index is 5.42. The number of aromatic nitrogens is 2. The zero-order valence-corrected chi connectivity index (χ0v) is 13.4. The summed E-state index contributed by atoms with van der Waals surface area (Å²) in [6, 6.07) is 8.70. The summed E-state index contributed by atoms with van der Waals surface area (Å²) in [5.74, 6) is 0. The highest BCUT2D eigenvalue weighted by Gasteiger charge is 2.17. The van der Waals surface area contributed by atoms with Gasteiger partial charge in [-0.05, 0) is 30.0 Å². The van der Waals surface area contributed by atoms with Crippen LogP contribution in [0.25, 0.3) is 10.9 Å². The first-order valence-electron chi connectivity index (χ1n) is 7.64. The Balaban J connectivity index is 1.58. The number of aromatic amines is 1. The lowest BCUT2D eigenvalue weighted by Gasteiger charge is -2.26. The summed E-state index contributed by atoms with van der Waals surface area (Å²) in [5.41, 5.74) is 3.69. The molecule has 0 aliphatic carbocycles. The number of morpholine rings is 1. The molecule has 3 heterocycles. The molecular formula is C17H19N3OS. The fourth-order valence-corrected chi connectivity index (χ4v) is 3.84. The number of hydrogen-bond acceptors (Lipinski definition) is 4. The Morgan fingerprint density at radius 1 is 1.27 bits per heavy atom. The van der Waals surface area contributed by atoms with Crippen molar-refractivity contribution in [3.8, 4) is 0 Å². The molecule has 114 valence electrons. The van der Waals surface area contributed by atoms with Gasteiger partial charge >= 0.3 is 0 Å². The molecule has 22 heavy (non-hydrogen) atoms. The normalized spacial score (nSPS) is 15.6. The lowest BCUT2D eigenvalue weighted by molar-refractivity contribution is 0.122. The zero-order chi connectivity index (χ0) is 14.9. The fraction of sp³-hybridized carbons (Fsp3) is 0.353. The lowest BCUT2D eigenvalue weighted by atomic mass is 10.1. The monoisotopic (exact) mass is 313 g/mol. The van der Waals surface area contributed by atoms with Gasteiger partial charge in [-0.2, -0.15) is 0 Å². The summed E-state index contributed by atoms with van der Waals surface area (Å²) >= 11 is 1.80. The van der Waals surface area contributed by atoms with Crippen LogP contribution in [0.2, 0.25) is 0 Å². The number of H-pyrrole nitrogens is 1. The van der Waals surface area contributed by atoms with Crippen LogP contribution in [-0.2, 0) is 11.2 Å². The highest BCUT2D eigenvalue weighted by molar-refractivity contribution is 7.15. The molecule has 0 amide bonds. The van der Waals surface area contributed by atoms with Crippen molar-refractivity contribution in [2.75, 3.05) is 31.2 Å². The Morgan fingerprint density at radius 3 is 3.00 bits per heavy atom. The van der Waals surface area contributed by atoms with Gasteiger partial charge in [0.25, 0.3) is 0 Å². The van der Waals surface area contributed by atoms with Gasteiger partial charge in [-0.25, -0.2) is 4.98 Å². The highest BCUT2D eigenvalue weighted by atomic mass is 32.1. The molecular weight excluding hydrogens is 294 g/mol. The zero-order valence-electron chi connectivity index (χ0n) is 12.6. The number of nitrogens with one attached hydrogen (secondary N) is 1. The second-order valence-electron chi connectivity index (χ2n) is 5.67. The van der Waals surface area contributed by atoms with Crippen molar-refractivity contribution in [1.82, 2.24) is 9.97 Å². The maximum Gasteiger partial charge on any atom is 0.185 e. The van der Waals surface area contributed by atoms with Gasteiger partial charge in [0.2, 0.25) is 0 Å². The van der Waals surface area contributed by atoms with Crippen LogP contribution in [0.15, 0.2) is 30.5 Å². The van der Waals surface area contributed by atoms with Crippen LogP contribution in [0.1, 0.15) is 16.1 Å². The quantitative estimate of drug-likeness (QED) is 0.806. The van der Waals surface area contributed by atoms with Crippen LogP contribution < -0.4 is 4.90 Å². The molecule has 1 aliphatic rings. The van der Waals surface area contributed by atoms with E-state index in [-0.39, 0.29) is 0 Å². The van der Waals surface area contributed by atoms with Crippen LogP contribution in [0.3, 0.4) is 0 Å². The Labute approximate surface area is 133 Å². The van der Waals surface area contributed by atoms with Crippen molar-refractivity contribution in [2.24, 2.45) is 0 Å². The average Bonchev–Trinajstić information content (AvgIpc) is 3.15. The van der Waals surface area contributed by atoms with Gasteiger partial charge < -0.3 is 14.6 Å². The predicted octanol–water partition coefficient (Wildman–Crippen LogP) is 3.36. The second-order valence-corrected chi connectivity index (χ2v) is 6.86. The Bertz CT molecular complexity index is 786. The van der Waals surface area contributed by atoms with E-state index >= 15 is 0 Å². The minimum atomic E-state index is 0.803. The number of ether oxygens (including phenoxy) is 1. The molecule has 0 atom stereocenters. The number of hydrogen-bond donors (Lipinski definition) is 1. The average molecular weight is 313 g/mol. The number of nitrogens with zero attached hydrogens (tertiary/aromatic N) is 2. The summed E-state index contributed by atoms with van der Waals surface area (Å²) in [6.45, 7) is 5.67. The molecule has 1 saturated heterocycles. The van der Waals surface area contributed by atoms with Crippen LogP contribution >= 0.6 is 11.3 Å². The number of rotatable bonds is 3. The van der Waals surface area contributed by atoms with E-state index in [0.29, 0.717) is 0 Å². The topological polar surface area (TPSA) is 41.1 Å². The number of benzene rings is 1. The summed E-state index contributed by atoms with van der Waals surface area (Å²) < 4.78 is 5.42. The van der Waals surface area contributed by atoms with E-state index in [9.17, 15) is 0 Å². The molecule has 1 aliphatic heterocycles. The van der Waals surface area contributed by atoms with E-state index in [4.69, 9.17) is 9.72 Å². The molecule has 4 rings (SSSR count). The van der Waals surface area contributed by atoms with E-state index < -0.39 is 0 Å². The molecule has 2 aromatic heterocycles. The minimum absolute atomic E-state index is 0.803. The molecule has 0 radical (unpaired) electrons. The van der Waals surface area contributed by atoms with E-state index in [1.54, 1.807) is 11.3 Å². The van der Waals surface area contributed by atoms with E-state index in [2.05, 4.69) is 41.1 Å². The molecule has 0 bridgehead atoms. The first-order valence-corrected chi connectivity index (χ1v) is 8.46. The molecule has 1 N–H and O–H groups in total. The van der Waals surface area contributed by atoms with Gasteiger partial charge in [-0.3, -0.25) is 0 Å². The smallest absolute Gasteiger partial charge is 0.185 e.